The molecule has 1 aromatic rings. The van der Waals surface area contributed by atoms with Crippen molar-refractivity contribution in [1.29, 1.82) is 0 Å². The van der Waals surface area contributed by atoms with Crippen molar-refractivity contribution in [2.24, 2.45) is 17.3 Å². The number of ketones is 1. The Kier molecular flexibility index (Phi) is 4.38. The van der Waals surface area contributed by atoms with E-state index in [1.54, 1.807) is 6.20 Å². The Hall–Kier alpha value is -1.25. The summed E-state index contributed by atoms with van der Waals surface area (Å²) in [5.74, 6) is 0.674. The van der Waals surface area contributed by atoms with Crippen molar-refractivity contribution in [3.8, 4) is 0 Å². The number of Topliss-reactive ketones (excluding diaryl/α,β-unsaturated/α-hetero) is 1. The van der Waals surface area contributed by atoms with Crippen LogP contribution in [0, 0.1) is 17.3 Å². The Morgan fingerprint density at radius 2 is 2.00 bits per heavy atom. The molecule has 0 saturated carbocycles. The van der Waals surface area contributed by atoms with E-state index in [-0.39, 0.29) is 11.3 Å². The van der Waals surface area contributed by atoms with Gasteiger partial charge in [0.2, 0.25) is 0 Å². The van der Waals surface area contributed by atoms with Gasteiger partial charge >= 0.3 is 0 Å². The molecule has 0 unspecified atom stereocenters. The maximum atomic E-state index is 12.4. The van der Waals surface area contributed by atoms with E-state index >= 15 is 0 Å². The molecule has 0 amide bonds. The summed E-state index contributed by atoms with van der Waals surface area (Å²) in [5.41, 5.74) is 0.651. The lowest BCUT2D eigenvalue weighted by molar-refractivity contribution is -0.131. The predicted octanol–water partition coefficient (Wildman–Crippen LogP) is 2.91. The molecule has 17 heavy (non-hydrogen) atoms. The van der Waals surface area contributed by atoms with Crippen LogP contribution in [0.15, 0.2) is 18.6 Å². The van der Waals surface area contributed by atoms with Gasteiger partial charge in [-0.2, -0.15) is 0 Å². The number of hydrogen-bond donors (Lipinski definition) is 0. The smallest absolute Gasteiger partial charge is 0.141 e. The minimum atomic E-state index is -0.290. The largest absolute Gasteiger partial charge is 0.299 e. The fourth-order valence-electron chi connectivity index (χ4n) is 1.85. The average Bonchev–Trinajstić information content (AvgIpc) is 2.24. The maximum absolute atomic E-state index is 12.4. The predicted molar refractivity (Wildman–Crippen MR) is 68.5 cm³/mol. The van der Waals surface area contributed by atoms with Gasteiger partial charge in [0.15, 0.2) is 0 Å². The minimum absolute atomic E-state index is 0.0323. The van der Waals surface area contributed by atoms with Gasteiger partial charge < -0.3 is 0 Å². The highest BCUT2D eigenvalue weighted by Crippen LogP contribution is 2.27. The van der Waals surface area contributed by atoms with Gasteiger partial charge in [-0.05, 0) is 18.4 Å². The van der Waals surface area contributed by atoms with E-state index in [1.807, 2.05) is 26.8 Å². The van der Waals surface area contributed by atoms with Gasteiger partial charge in [-0.3, -0.25) is 4.79 Å². The van der Waals surface area contributed by atoms with Crippen molar-refractivity contribution in [1.82, 2.24) is 9.97 Å². The fraction of sp³-hybridized carbons (Fsp3) is 0.643. The molecule has 0 spiro atoms. The van der Waals surface area contributed by atoms with Gasteiger partial charge in [0, 0.05) is 23.2 Å². The van der Waals surface area contributed by atoms with Gasteiger partial charge in [-0.15, -0.1) is 0 Å². The van der Waals surface area contributed by atoms with Crippen molar-refractivity contribution in [3.63, 3.8) is 0 Å². The van der Waals surface area contributed by atoms with Crippen LogP contribution in [0.5, 0.6) is 0 Å². The quantitative estimate of drug-likeness (QED) is 0.804. The number of rotatable bonds is 4. The minimum Gasteiger partial charge on any atom is -0.299 e. The van der Waals surface area contributed by atoms with Crippen LogP contribution >= 0.6 is 0 Å². The second-order valence-corrected chi connectivity index (χ2v) is 5.87. The molecule has 0 bridgehead atoms. The van der Waals surface area contributed by atoms with E-state index in [4.69, 9.17) is 0 Å². The van der Waals surface area contributed by atoms with Crippen LogP contribution in [-0.2, 0) is 11.2 Å². The number of hydrogen-bond acceptors (Lipinski definition) is 3. The zero-order valence-corrected chi connectivity index (χ0v) is 11.4. The Morgan fingerprint density at radius 3 is 2.41 bits per heavy atom. The first-order chi connectivity index (χ1) is 7.82. The topological polar surface area (TPSA) is 42.9 Å². The monoisotopic (exact) mass is 234 g/mol. The van der Waals surface area contributed by atoms with Crippen LogP contribution in [0.2, 0.25) is 0 Å². The van der Waals surface area contributed by atoms with E-state index in [9.17, 15) is 4.79 Å². The summed E-state index contributed by atoms with van der Waals surface area (Å²) in [6.45, 7) is 10.1. The molecule has 0 aliphatic heterocycles. The van der Waals surface area contributed by atoms with Crippen molar-refractivity contribution in [2.75, 3.05) is 0 Å². The maximum Gasteiger partial charge on any atom is 0.141 e. The molecule has 1 rings (SSSR count). The number of carbonyl (C=O) groups is 1. The molecule has 0 saturated heterocycles. The summed E-state index contributed by atoms with van der Waals surface area (Å²) in [5, 5.41) is 0. The average molecular weight is 234 g/mol. The lowest BCUT2D eigenvalue weighted by Crippen LogP contribution is -2.33. The van der Waals surface area contributed by atoms with Crippen LogP contribution in [0.1, 0.15) is 40.3 Å². The molecule has 3 heteroatoms. The van der Waals surface area contributed by atoms with Crippen molar-refractivity contribution >= 4 is 5.78 Å². The second kappa shape index (κ2) is 5.39. The van der Waals surface area contributed by atoms with Crippen LogP contribution in [0.4, 0.5) is 0 Å². The zero-order valence-electron chi connectivity index (χ0n) is 11.4. The molecule has 1 atom stereocenters. The Morgan fingerprint density at radius 1 is 1.35 bits per heavy atom. The number of aromatic nitrogens is 2. The van der Waals surface area contributed by atoms with Crippen molar-refractivity contribution in [3.05, 3.63) is 24.3 Å². The molecule has 94 valence electrons. The van der Waals surface area contributed by atoms with Crippen molar-refractivity contribution < 1.29 is 4.79 Å². The third-order valence-electron chi connectivity index (χ3n) is 2.95. The number of carbonyl (C=O) groups excluding carboxylic acids is 1. The first kappa shape index (κ1) is 13.8. The van der Waals surface area contributed by atoms with Crippen LogP contribution < -0.4 is 0 Å². The summed E-state index contributed by atoms with van der Waals surface area (Å²) < 4.78 is 0. The molecule has 3 nitrogen and oxygen atoms in total. The normalized spacial score (nSPS) is 13.8. The fourth-order valence-corrected chi connectivity index (χ4v) is 1.85. The molecule has 0 aliphatic carbocycles. The first-order valence-electron chi connectivity index (χ1n) is 6.11. The lowest BCUT2D eigenvalue weighted by atomic mass is 9.76. The molecule has 0 aromatic carbocycles. The molecule has 0 N–H and O–H groups in total. The Labute approximate surface area is 104 Å². The highest BCUT2D eigenvalue weighted by atomic mass is 16.1. The van der Waals surface area contributed by atoms with Crippen molar-refractivity contribution in [2.45, 2.75) is 41.0 Å². The SMILES string of the molecule is CC(C)[C@H](Cc1ccncn1)C(=O)C(C)(C)C. The molecule has 1 aromatic heterocycles. The summed E-state index contributed by atoms with van der Waals surface area (Å²) in [4.78, 5) is 20.5. The van der Waals surface area contributed by atoms with Gasteiger partial charge in [0.25, 0.3) is 0 Å². The van der Waals surface area contributed by atoms with Gasteiger partial charge in [0.05, 0.1) is 0 Å². The van der Waals surface area contributed by atoms with Gasteiger partial charge in [-0.1, -0.05) is 34.6 Å². The Balaban J connectivity index is 2.85. The highest BCUT2D eigenvalue weighted by molar-refractivity contribution is 5.86. The zero-order chi connectivity index (χ0) is 13.1. The standard InChI is InChI=1S/C14H22N2O/c1-10(2)12(13(17)14(3,4)5)8-11-6-7-15-9-16-11/h6-7,9-10,12H,8H2,1-5H3/t12-/m0/s1. The third kappa shape index (κ3) is 3.91. The highest BCUT2D eigenvalue weighted by Gasteiger charge is 2.31. The molecule has 0 aliphatic rings. The van der Waals surface area contributed by atoms with E-state index in [2.05, 4.69) is 23.8 Å². The van der Waals surface area contributed by atoms with E-state index in [1.165, 1.54) is 6.33 Å². The third-order valence-corrected chi connectivity index (χ3v) is 2.95. The first-order valence-corrected chi connectivity index (χ1v) is 6.11. The lowest BCUT2D eigenvalue weighted by Gasteiger charge is -2.27. The molecule has 0 radical (unpaired) electrons. The Bertz CT molecular complexity index is 366. The molecule has 1 heterocycles. The van der Waals surface area contributed by atoms with Crippen LogP contribution in [0.25, 0.3) is 0 Å². The summed E-state index contributed by atoms with van der Waals surface area (Å²) >= 11 is 0. The molecular formula is C14H22N2O. The molecular weight excluding hydrogens is 212 g/mol. The van der Waals surface area contributed by atoms with E-state index in [0.29, 0.717) is 18.1 Å². The summed E-state index contributed by atoms with van der Waals surface area (Å²) in [6, 6.07) is 1.88. The summed E-state index contributed by atoms with van der Waals surface area (Å²) in [6.07, 6.45) is 3.96. The molecule has 0 fully saturated rings. The number of nitrogens with zero attached hydrogens (tertiary/aromatic N) is 2. The van der Waals surface area contributed by atoms with Crippen LogP contribution in [-0.4, -0.2) is 15.8 Å². The van der Waals surface area contributed by atoms with E-state index < -0.39 is 0 Å². The van der Waals surface area contributed by atoms with E-state index in [0.717, 1.165) is 5.69 Å². The van der Waals surface area contributed by atoms with Gasteiger partial charge in [-0.25, -0.2) is 9.97 Å². The van der Waals surface area contributed by atoms with Crippen LogP contribution in [0.3, 0.4) is 0 Å². The van der Waals surface area contributed by atoms with Gasteiger partial charge in [0.1, 0.15) is 12.1 Å². The second-order valence-electron chi connectivity index (χ2n) is 5.87. The summed E-state index contributed by atoms with van der Waals surface area (Å²) in [7, 11) is 0.